The number of furan rings is 1. The molecule has 3 rings (SSSR count). The zero-order chi connectivity index (χ0) is 23.8. The average Bonchev–Trinajstić information content (AvgIpc) is 3.39. The third-order valence-corrected chi connectivity index (χ3v) is 4.95. The molecule has 2 heterocycles. The van der Waals surface area contributed by atoms with Gasteiger partial charge in [0.15, 0.2) is 6.61 Å². The number of imide groups is 1. The number of carbonyl (C=O) groups excluding carboxylic acids is 3. The summed E-state index contributed by atoms with van der Waals surface area (Å²) in [6.45, 7) is 3.78. The maximum absolute atomic E-state index is 12.0. The van der Waals surface area contributed by atoms with Gasteiger partial charge in [0.05, 0.1) is 25.0 Å². The van der Waals surface area contributed by atoms with Crippen molar-refractivity contribution in [1.29, 1.82) is 0 Å². The van der Waals surface area contributed by atoms with Crippen LogP contribution in [0.2, 0.25) is 5.15 Å². The molecule has 10 heteroatoms. The van der Waals surface area contributed by atoms with E-state index < -0.39 is 24.5 Å². The smallest absolute Gasteiger partial charge is 0.331 e. The van der Waals surface area contributed by atoms with E-state index in [0.29, 0.717) is 28.7 Å². The lowest BCUT2D eigenvalue weighted by atomic mass is 10.1. The number of urea groups is 1. The lowest BCUT2D eigenvalue weighted by molar-refractivity contribution is -0.143. The molecule has 3 amide bonds. The molecule has 0 aliphatic carbocycles. The molecule has 0 fully saturated rings. The van der Waals surface area contributed by atoms with Crippen molar-refractivity contribution >= 4 is 35.6 Å². The van der Waals surface area contributed by atoms with Crippen LogP contribution in [0, 0.1) is 13.8 Å². The first-order chi connectivity index (χ1) is 15.8. The largest absolute Gasteiger partial charge is 0.467 e. The fourth-order valence-electron chi connectivity index (χ4n) is 2.85. The van der Waals surface area contributed by atoms with Crippen molar-refractivity contribution in [3.63, 3.8) is 0 Å². The molecule has 3 aromatic rings. The molecule has 172 valence electrons. The van der Waals surface area contributed by atoms with E-state index in [2.05, 4.69) is 15.7 Å². The first-order valence-corrected chi connectivity index (χ1v) is 10.4. The number of benzene rings is 1. The fourth-order valence-corrected chi connectivity index (χ4v) is 3.15. The van der Waals surface area contributed by atoms with E-state index in [1.54, 1.807) is 23.7 Å². The second-order valence-corrected chi connectivity index (χ2v) is 7.54. The van der Waals surface area contributed by atoms with Crippen molar-refractivity contribution in [3.8, 4) is 0 Å². The van der Waals surface area contributed by atoms with Gasteiger partial charge in [-0.3, -0.25) is 10.1 Å². The molecular formula is C23H23ClN4O5. The van der Waals surface area contributed by atoms with Crippen LogP contribution in [0.25, 0.3) is 6.08 Å². The highest BCUT2D eigenvalue weighted by molar-refractivity contribution is 6.31. The Kier molecular flexibility index (Phi) is 8.04. The number of amides is 3. The normalized spacial score (nSPS) is 10.9. The van der Waals surface area contributed by atoms with Crippen LogP contribution in [0.4, 0.5) is 4.79 Å². The van der Waals surface area contributed by atoms with E-state index in [9.17, 15) is 14.4 Å². The molecule has 2 N–H and O–H groups in total. The van der Waals surface area contributed by atoms with Crippen LogP contribution in [0.1, 0.15) is 28.1 Å². The maximum atomic E-state index is 12.0. The Balaban J connectivity index is 1.47. The number of rotatable bonds is 8. The number of esters is 1. The van der Waals surface area contributed by atoms with Gasteiger partial charge in [-0.15, -0.1) is 0 Å². The van der Waals surface area contributed by atoms with Gasteiger partial charge >= 0.3 is 12.0 Å². The summed E-state index contributed by atoms with van der Waals surface area (Å²) in [4.78, 5) is 35.4. The van der Waals surface area contributed by atoms with Gasteiger partial charge < -0.3 is 14.5 Å². The maximum Gasteiger partial charge on any atom is 0.331 e. The third-order valence-electron chi connectivity index (χ3n) is 4.55. The number of carbonyl (C=O) groups is 3. The summed E-state index contributed by atoms with van der Waals surface area (Å²) in [5.41, 5.74) is 3.41. The van der Waals surface area contributed by atoms with Crippen molar-refractivity contribution < 1.29 is 23.5 Å². The van der Waals surface area contributed by atoms with Crippen LogP contribution in [-0.4, -0.2) is 34.3 Å². The summed E-state index contributed by atoms with van der Waals surface area (Å²) >= 11 is 6.43. The summed E-state index contributed by atoms with van der Waals surface area (Å²) in [7, 11) is 0. The Hall–Kier alpha value is -3.85. The molecule has 0 spiro atoms. The van der Waals surface area contributed by atoms with Gasteiger partial charge in [0.1, 0.15) is 10.9 Å². The quantitative estimate of drug-likeness (QED) is 0.385. The highest BCUT2D eigenvalue weighted by Gasteiger charge is 2.13. The van der Waals surface area contributed by atoms with Crippen LogP contribution < -0.4 is 10.6 Å². The number of aryl methyl sites for hydroxylation is 2. The Labute approximate surface area is 195 Å². The second kappa shape index (κ2) is 11.1. The molecule has 1 aromatic carbocycles. The number of hydrogen-bond acceptors (Lipinski definition) is 6. The predicted octanol–water partition coefficient (Wildman–Crippen LogP) is 3.38. The monoisotopic (exact) mass is 470 g/mol. The molecule has 33 heavy (non-hydrogen) atoms. The summed E-state index contributed by atoms with van der Waals surface area (Å²) in [6, 6.07) is 10.6. The standard InChI is InChI=1S/C23H23ClN4O5/c1-15-5-7-17(8-6-15)13-28-22(24)19(16(2)27-28)9-10-21(30)33-14-20(29)26-23(31)25-12-18-4-3-11-32-18/h3-11H,12-14H2,1-2H3,(H2,25,26,29,31)/b10-9+. The highest BCUT2D eigenvalue weighted by atomic mass is 35.5. The van der Waals surface area contributed by atoms with Crippen LogP contribution in [0.3, 0.4) is 0 Å². The fraction of sp³-hybridized carbons (Fsp3) is 0.217. The number of halogens is 1. The average molecular weight is 471 g/mol. The van der Waals surface area contributed by atoms with Gasteiger partial charge in [0.2, 0.25) is 0 Å². The Morgan fingerprint density at radius 2 is 1.94 bits per heavy atom. The second-order valence-electron chi connectivity index (χ2n) is 7.18. The van der Waals surface area contributed by atoms with Crippen molar-refractivity contribution in [2.24, 2.45) is 0 Å². The van der Waals surface area contributed by atoms with Crippen molar-refractivity contribution in [3.05, 3.63) is 82.0 Å². The van der Waals surface area contributed by atoms with Crippen LogP contribution >= 0.6 is 11.6 Å². The molecule has 0 atom stereocenters. The molecule has 0 aliphatic rings. The van der Waals surface area contributed by atoms with E-state index in [1.807, 2.05) is 31.2 Å². The number of ether oxygens (including phenoxy) is 1. The van der Waals surface area contributed by atoms with Gasteiger partial charge in [-0.2, -0.15) is 5.10 Å². The molecule has 9 nitrogen and oxygen atoms in total. The number of nitrogens with one attached hydrogen (secondary N) is 2. The van der Waals surface area contributed by atoms with Gasteiger partial charge in [0, 0.05) is 11.6 Å². The Morgan fingerprint density at radius 3 is 2.64 bits per heavy atom. The number of aromatic nitrogens is 2. The number of hydrogen-bond donors (Lipinski definition) is 2. The van der Waals surface area contributed by atoms with Gasteiger partial charge in [0.25, 0.3) is 5.91 Å². The molecular weight excluding hydrogens is 448 g/mol. The first-order valence-electron chi connectivity index (χ1n) is 10.0. The van der Waals surface area contributed by atoms with Crippen LogP contribution in [0.5, 0.6) is 0 Å². The number of nitrogens with zero attached hydrogens (tertiary/aromatic N) is 2. The van der Waals surface area contributed by atoms with Crippen LogP contribution in [-0.2, 0) is 27.4 Å². The lowest BCUT2D eigenvalue weighted by Gasteiger charge is -2.05. The van der Waals surface area contributed by atoms with Gasteiger partial charge in [-0.1, -0.05) is 41.4 Å². The third kappa shape index (κ3) is 7.08. The van der Waals surface area contributed by atoms with Crippen molar-refractivity contribution in [1.82, 2.24) is 20.4 Å². The zero-order valence-corrected chi connectivity index (χ0v) is 18.9. The molecule has 0 aliphatic heterocycles. The summed E-state index contributed by atoms with van der Waals surface area (Å²) in [6.07, 6.45) is 4.10. The summed E-state index contributed by atoms with van der Waals surface area (Å²) in [5.74, 6) is -0.998. The van der Waals surface area contributed by atoms with Crippen molar-refractivity contribution in [2.75, 3.05) is 6.61 Å². The minimum atomic E-state index is -0.770. The van der Waals surface area contributed by atoms with E-state index >= 15 is 0 Å². The molecule has 0 saturated heterocycles. The van der Waals surface area contributed by atoms with E-state index in [1.165, 1.54) is 12.3 Å². The molecule has 0 radical (unpaired) electrons. The van der Waals surface area contributed by atoms with Crippen molar-refractivity contribution in [2.45, 2.75) is 26.9 Å². The molecule has 0 saturated carbocycles. The molecule has 0 bridgehead atoms. The Morgan fingerprint density at radius 1 is 1.18 bits per heavy atom. The van der Waals surface area contributed by atoms with Crippen LogP contribution in [0.15, 0.2) is 53.2 Å². The summed E-state index contributed by atoms with van der Waals surface area (Å²) < 4.78 is 11.6. The minimum Gasteiger partial charge on any atom is -0.467 e. The Bertz CT molecular complexity index is 1150. The molecule has 2 aromatic heterocycles. The van der Waals surface area contributed by atoms with Gasteiger partial charge in [-0.05, 0) is 37.6 Å². The predicted molar refractivity (Wildman–Crippen MR) is 121 cm³/mol. The van der Waals surface area contributed by atoms with E-state index in [4.69, 9.17) is 20.8 Å². The lowest BCUT2D eigenvalue weighted by Crippen LogP contribution is -2.41. The van der Waals surface area contributed by atoms with E-state index in [0.717, 1.165) is 17.2 Å². The highest BCUT2D eigenvalue weighted by Crippen LogP contribution is 2.22. The zero-order valence-electron chi connectivity index (χ0n) is 18.1. The SMILES string of the molecule is Cc1ccc(Cn2nc(C)c(/C=C/C(=O)OCC(=O)NC(=O)NCc3ccco3)c2Cl)cc1. The van der Waals surface area contributed by atoms with E-state index in [-0.39, 0.29) is 6.54 Å². The minimum absolute atomic E-state index is 0.117. The topological polar surface area (TPSA) is 115 Å². The first kappa shape index (κ1) is 23.8. The summed E-state index contributed by atoms with van der Waals surface area (Å²) in [5, 5.41) is 9.29. The molecule has 0 unspecified atom stereocenters. The van der Waals surface area contributed by atoms with Gasteiger partial charge in [-0.25, -0.2) is 14.3 Å².